The molecule has 0 spiro atoms. The van der Waals surface area contributed by atoms with Gasteiger partial charge in [0.1, 0.15) is 0 Å². The van der Waals surface area contributed by atoms with Crippen molar-refractivity contribution < 1.29 is 4.79 Å². The summed E-state index contributed by atoms with van der Waals surface area (Å²) in [6.07, 6.45) is 4.74. The number of nitrogens with zero attached hydrogens (tertiary/aromatic N) is 1. The molecule has 0 aromatic carbocycles. The summed E-state index contributed by atoms with van der Waals surface area (Å²) in [4.78, 5) is 14.0. The number of nitrogens with one attached hydrogen (secondary N) is 1. The molecule has 106 valence electrons. The Morgan fingerprint density at radius 3 is 2.72 bits per heavy atom. The van der Waals surface area contributed by atoms with Crippen molar-refractivity contribution in [1.82, 2.24) is 10.2 Å². The van der Waals surface area contributed by atoms with Crippen molar-refractivity contribution in [2.45, 2.75) is 45.6 Å². The molecule has 4 heteroatoms. The molecule has 18 heavy (non-hydrogen) atoms. The molecule has 0 aliphatic heterocycles. The molecule has 0 heterocycles. The first-order chi connectivity index (χ1) is 8.62. The highest BCUT2D eigenvalue weighted by molar-refractivity contribution is 5.77. The average molecular weight is 255 g/mol. The molecule has 3 N–H and O–H groups in total. The average Bonchev–Trinajstić information content (AvgIpc) is 2.38. The second-order valence-electron chi connectivity index (χ2n) is 5.63. The van der Waals surface area contributed by atoms with E-state index in [1.165, 1.54) is 19.3 Å². The van der Waals surface area contributed by atoms with Crippen LogP contribution >= 0.6 is 0 Å². The normalized spacial score (nSPS) is 28.4. The van der Waals surface area contributed by atoms with Crippen molar-refractivity contribution in [1.29, 1.82) is 0 Å². The molecule has 3 unspecified atom stereocenters. The summed E-state index contributed by atoms with van der Waals surface area (Å²) in [7, 11) is 1.70. The Balaban J connectivity index is 2.70. The lowest BCUT2D eigenvalue weighted by molar-refractivity contribution is -0.123. The molecule has 1 rings (SSSR count). The van der Waals surface area contributed by atoms with Crippen molar-refractivity contribution >= 4 is 5.91 Å². The van der Waals surface area contributed by atoms with E-state index in [1.54, 1.807) is 7.05 Å². The smallest absolute Gasteiger partial charge is 0.233 e. The molecule has 0 radical (unpaired) electrons. The van der Waals surface area contributed by atoms with Crippen molar-refractivity contribution in [2.24, 2.45) is 17.6 Å². The van der Waals surface area contributed by atoms with Crippen molar-refractivity contribution in [3.05, 3.63) is 0 Å². The Labute approximate surface area is 111 Å². The molecule has 0 aromatic heterocycles. The zero-order valence-electron chi connectivity index (χ0n) is 12.1. The van der Waals surface area contributed by atoms with E-state index in [4.69, 9.17) is 5.73 Å². The fourth-order valence-corrected chi connectivity index (χ4v) is 3.05. The largest absolute Gasteiger partial charge is 0.358 e. The lowest BCUT2D eigenvalue weighted by atomic mass is 9.78. The molecule has 0 bridgehead atoms. The van der Waals surface area contributed by atoms with Gasteiger partial charge in [0.25, 0.3) is 0 Å². The maximum atomic E-state index is 11.6. The monoisotopic (exact) mass is 255 g/mol. The highest BCUT2D eigenvalue weighted by Gasteiger charge is 2.32. The molecule has 0 aromatic rings. The highest BCUT2D eigenvalue weighted by Crippen LogP contribution is 2.31. The van der Waals surface area contributed by atoms with Gasteiger partial charge in [-0.05, 0) is 44.2 Å². The third kappa shape index (κ3) is 4.25. The summed E-state index contributed by atoms with van der Waals surface area (Å²) in [6, 6.07) is 0.482. The summed E-state index contributed by atoms with van der Waals surface area (Å²) >= 11 is 0. The van der Waals surface area contributed by atoms with Gasteiger partial charge in [-0.1, -0.05) is 20.3 Å². The van der Waals surface area contributed by atoms with Gasteiger partial charge in [-0.2, -0.15) is 0 Å². The first-order valence-electron chi connectivity index (χ1n) is 7.27. The van der Waals surface area contributed by atoms with Crippen LogP contribution in [0.1, 0.15) is 39.5 Å². The highest BCUT2D eigenvalue weighted by atomic mass is 16.1. The van der Waals surface area contributed by atoms with Gasteiger partial charge in [-0.25, -0.2) is 0 Å². The number of likely N-dealkylation sites (N-methyl/N-ethyl adjacent to an activating group) is 1. The minimum Gasteiger partial charge on any atom is -0.358 e. The predicted octanol–water partition coefficient (Wildman–Crippen LogP) is 1.21. The Morgan fingerprint density at radius 1 is 1.44 bits per heavy atom. The Hall–Kier alpha value is -0.610. The summed E-state index contributed by atoms with van der Waals surface area (Å²) in [5, 5.41) is 2.73. The first kappa shape index (κ1) is 15.4. The van der Waals surface area contributed by atoms with Crippen LogP contribution in [-0.4, -0.2) is 43.5 Å². The lowest BCUT2D eigenvalue weighted by Gasteiger charge is -2.41. The summed E-state index contributed by atoms with van der Waals surface area (Å²) < 4.78 is 0. The maximum absolute atomic E-state index is 11.6. The van der Waals surface area contributed by atoms with Gasteiger partial charge >= 0.3 is 0 Å². The van der Waals surface area contributed by atoms with Crippen LogP contribution in [0.25, 0.3) is 0 Å². The van der Waals surface area contributed by atoms with Crippen LogP contribution in [-0.2, 0) is 4.79 Å². The molecular formula is C14H29N3O. The van der Waals surface area contributed by atoms with Crippen LogP contribution in [0.15, 0.2) is 0 Å². The van der Waals surface area contributed by atoms with Crippen LogP contribution < -0.4 is 11.1 Å². The summed E-state index contributed by atoms with van der Waals surface area (Å²) in [5.41, 5.74) is 5.91. The second kappa shape index (κ2) is 7.74. The summed E-state index contributed by atoms with van der Waals surface area (Å²) in [6.45, 7) is 6.72. The number of carbonyl (C=O) groups is 1. The van der Waals surface area contributed by atoms with E-state index in [0.717, 1.165) is 25.4 Å². The van der Waals surface area contributed by atoms with E-state index < -0.39 is 0 Å². The van der Waals surface area contributed by atoms with Gasteiger partial charge in [0.2, 0.25) is 5.91 Å². The van der Waals surface area contributed by atoms with Gasteiger partial charge < -0.3 is 11.1 Å². The third-order valence-electron chi connectivity index (χ3n) is 4.13. The first-order valence-corrected chi connectivity index (χ1v) is 7.27. The minimum absolute atomic E-state index is 0.109. The second-order valence-corrected chi connectivity index (χ2v) is 5.63. The molecule has 1 saturated carbocycles. The molecule has 4 nitrogen and oxygen atoms in total. The Morgan fingerprint density at radius 2 is 2.17 bits per heavy atom. The van der Waals surface area contributed by atoms with Crippen LogP contribution in [0, 0.1) is 11.8 Å². The van der Waals surface area contributed by atoms with E-state index in [1.807, 2.05) is 0 Å². The standard InChI is InChI=1S/C14H29N3O/c1-4-7-17(10-14(18)16-3)13-8-11(2)5-6-12(13)9-15/h11-13H,4-10,15H2,1-3H3,(H,16,18). The predicted molar refractivity (Wildman–Crippen MR) is 75.3 cm³/mol. The fourth-order valence-electron chi connectivity index (χ4n) is 3.05. The van der Waals surface area contributed by atoms with E-state index >= 15 is 0 Å². The zero-order chi connectivity index (χ0) is 13.5. The number of amides is 1. The Kier molecular flexibility index (Phi) is 6.65. The van der Waals surface area contributed by atoms with E-state index in [9.17, 15) is 4.79 Å². The number of hydrogen-bond donors (Lipinski definition) is 2. The lowest BCUT2D eigenvalue weighted by Crippen LogP contribution is -2.50. The number of nitrogens with two attached hydrogens (primary N) is 1. The molecule has 3 atom stereocenters. The topological polar surface area (TPSA) is 58.4 Å². The maximum Gasteiger partial charge on any atom is 0.233 e. The van der Waals surface area contributed by atoms with Gasteiger partial charge in [0.05, 0.1) is 6.54 Å². The van der Waals surface area contributed by atoms with Gasteiger partial charge in [0, 0.05) is 13.1 Å². The van der Waals surface area contributed by atoms with E-state index in [0.29, 0.717) is 18.5 Å². The molecular weight excluding hydrogens is 226 g/mol. The van der Waals surface area contributed by atoms with Crippen LogP contribution in [0.3, 0.4) is 0 Å². The summed E-state index contributed by atoms with van der Waals surface area (Å²) in [5.74, 6) is 1.41. The van der Waals surface area contributed by atoms with Crippen molar-refractivity contribution in [3.63, 3.8) is 0 Å². The van der Waals surface area contributed by atoms with Crippen LogP contribution in [0.4, 0.5) is 0 Å². The van der Waals surface area contributed by atoms with Gasteiger partial charge in [0.15, 0.2) is 0 Å². The molecule has 1 amide bonds. The molecule has 1 aliphatic rings. The van der Waals surface area contributed by atoms with Gasteiger partial charge in [-0.15, -0.1) is 0 Å². The fraction of sp³-hybridized carbons (Fsp3) is 0.929. The van der Waals surface area contributed by atoms with Gasteiger partial charge in [-0.3, -0.25) is 9.69 Å². The van der Waals surface area contributed by atoms with E-state index in [-0.39, 0.29) is 5.91 Å². The quantitative estimate of drug-likeness (QED) is 0.750. The minimum atomic E-state index is 0.109. The molecule has 0 saturated heterocycles. The van der Waals surface area contributed by atoms with Crippen LogP contribution in [0.5, 0.6) is 0 Å². The SMILES string of the molecule is CCCN(CC(=O)NC)C1CC(C)CCC1CN. The number of carbonyl (C=O) groups excluding carboxylic acids is 1. The zero-order valence-corrected chi connectivity index (χ0v) is 12.1. The molecule has 1 fully saturated rings. The van der Waals surface area contributed by atoms with E-state index in [2.05, 4.69) is 24.1 Å². The number of hydrogen-bond acceptors (Lipinski definition) is 3. The number of rotatable bonds is 6. The van der Waals surface area contributed by atoms with Crippen molar-refractivity contribution in [3.8, 4) is 0 Å². The third-order valence-corrected chi connectivity index (χ3v) is 4.13. The van der Waals surface area contributed by atoms with Crippen LogP contribution in [0.2, 0.25) is 0 Å². The van der Waals surface area contributed by atoms with Crippen molar-refractivity contribution in [2.75, 3.05) is 26.7 Å². The Bertz CT molecular complexity index is 257. The molecule has 1 aliphatic carbocycles.